The van der Waals surface area contributed by atoms with Crippen LogP contribution in [0.5, 0.6) is 11.5 Å². The van der Waals surface area contributed by atoms with E-state index in [4.69, 9.17) is 8.85 Å². The van der Waals surface area contributed by atoms with Crippen LogP contribution in [0.25, 0.3) is 47.7 Å². The Morgan fingerprint density at radius 1 is 0.425 bits per heavy atom. The lowest BCUT2D eigenvalue weighted by Crippen LogP contribution is -2.58. The topological polar surface area (TPSA) is 20.6 Å². The van der Waals surface area contributed by atoms with Gasteiger partial charge in [0.1, 0.15) is 11.5 Å². The summed E-state index contributed by atoms with van der Waals surface area (Å²) in [5.41, 5.74) is 16.8. The molecule has 87 heavy (non-hydrogen) atoms. The molecule has 0 atom stereocenters. The lowest BCUT2D eigenvalue weighted by atomic mass is 9.35. The number of fused-ring (bicyclic) bond motifs is 11. The van der Waals surface area contributed by atoms with E-state index in [1.807, 2.05) is 47.4 Å². The first-order valence-corrected chi connectivity index (χ1v) is 32.2. The maximum absolute atomic E-state index is 9.45. The number of ether oxygens (including phenoxy) is 1. The molecule has 4 heterocycles. The zero-order chi connectivity index (χ0) is 65.2. The highest BCUT2D eigenvalue weighted by molar-refractivity contribution is 8.00. The molecule has 0 radical (unpaired) electrons. The third-order valence-corrected chi connectivity index (χ3v) is 20.3. The van der Waals surface area contributed by atoms with Crippen molar-refractivity contribution in [3.63, 3.8) is 0 Å². The third kappa shape index (κ3) is 9.85. The number of aromatic nitrogens is 1. The summed E-state index contributed by atoms with van der Waals surface area (Å²) in [7, 11) is 0. The lowest BCUT2D eigenvalue weighted by molar-refractivity contribution is 0.486. The fourth-order valence-corrected chi connectivity index (χ4v) is 15.6. The lowest BCUT2D eigenvalue weighted by Gasteiger charge is -2.36. The Morgan fingerprint density at radius 2 is 0.908 bits per heavy atom. The first-order valence-electron chi connectivity index (χ1n) is 33.1. The molecule has 2 aromatic heterocycles. The van der Waals surface area contributed by atoms with Gasteiger partial charge in [-0.1, -0.05) is 207 Å². The Hall–Kier alpha value is -7.97. The maximum atomic E-state index is 9.45. The van der Waals surface area contributed by atoms with Crippen molar-refractivity contribution in [1.82, 2.24) is 4.57 Å². The highest BCUT2D eigenvalue weighted by Gasteiger charge is 2.43. The molecule has 14 rings (SSSR count). The predicted octanol–water partition coefficient (Wildman–Crippen LogP) is 21.7. The normalized spacial score (nSPS) is 14.3. The van der Waals surface area contributed by atoms with Gasteiger partial charge < -0.3 is 19.1 Å². The van der Waals surface area contributed by atoms with Crippen LogP contribution >= 0.6 is 23.1 Å². The van der Waals surface area contributed by atoms with Crippen molar-refractivity contribution in [3.05, 3.63) is 228 Å². The second-order valence-corrected chi connectivity index (χ2v) is 31.3. The van der Waals surface area contributed by atoms with Gasteiger partial charge in [0.2, 0.25) is 0 Å². The van der Waals surface area contributed by atoms with Gasteiger partial charge in [0.15, 0.2) is 0 Å². The van der Waals surface area contributed by atoms with Crippen LogP contribution in [-0.4, -0.2) is 11.3 Å². The van der Waals surface area contributed by atoms with Crippen molar-refractivity contribution in [2.45, 2.75) is 141 Å². The molecule has 2 aliphatic rings. The Morgan fingerprint density at radius 3 is 1.44 bits per heavy atom. The average molecular weight is 1180 g/mol. The molecular formula is C80H78BN3OS2. The van der Waals surface area contributed by atoms with Crippen LogP contribution in [0.15, 0.2) is 210 Å². The number of rotatable bonds is 7. The summed E-state index contributed by atoms with van der Waals surface area (Å²) in [5.74, 6) is 1.36. The van der Waals surface area contributed by atoms with Crippen LogP contribution < -0.4 is 30.9 Å². The number of hydrogen-bond acceptors (Lipinski definition) is 5. The Bertz CT molecular complexity index is 4860. The Balaban J connectivity index is 1.06. The molecule has 4 nitrogen and oxygen atoms in total. The van der Waals surface area contributed by atoms with Gasteiger partial charge in [0, 0.05) is 81.3 Å². The minimum absolute atomic E-state index is 0.0390. The van der Waals surface area contributed by atoms with E-state index in [1.165, 1.54) is 58.7 Å². The van der Waals surface area contributed by atoms with Crippen LogP contribution in [0.2, 0.25) is 0 Å². The van der Waals surface area contributed by atoms with E-state index < -0.39 is 18.1 Å². The molecule has 0 bridgehead atoms. The van der Waals surface area contributed by atoms with Crippen LogP contribution in [0.3, 0.4) is 0 Å². The van der Waals surface area contributed by atoms with Crippen molar-refractivity contribution >= 4 is 122 Å². The number of nitrogens with zero attached hydrogens (tertiary/aromatic N) is 3. The van der Waals surface area contributed by atoms with Crippen LogP contribution in [0, 0.1) is 0 Å². The zero-order valence-electron chi connectivity index (χ0n) is 57.8. The zero-order valence-corrected chi connectivity index (χ0v) is 54.4. The molecule has 0 N–H and O–H groups in total. The predicted molar refractivity (Wildman–Crippen MR) is 378 cm³/mol. The van der Waals surface area contributed by atoms with Gasteiger partial charge in [-0.3, -0.25) is 0 Å². The van der Waals surface area contributed by atoms with E-state index in [0.717, 1.165) is 65.8 Å². The van der Waals surface area contributed by atoms with Crippen molar-refractivity contribution in [2.24, 2.45) is 0 Å². The largest absolute Gasteiger partial charge is 0.458 e. The highest BCUT2D eigenvalue weighted by atomic mass is 32.2. The Labute approximate surface area is 531 Å². The summed E-state index contributed by atoms with van der Waals surface area (Å²) in [4.78, 5) is 6.52. The van der Waals surface area contributed by atoms with E-state index in [-0.39, 0.29) is 51.6 Å². The van der Waals surface area contributed by atoms with E-state index in [1.54, 1.807) is 4.90 Å². The standard InChI is InChI=1S/C80H78BN3OS2/c1-76(2,3)49-25-33-55(34-26-49)82(54-21-17-16-18-22-54)58-39-40-63-67(45-58)85-68-46-59(84-64-41-31-52(79(10,11)12)43-61(64)62-44-53(80(13,14)15)32-42-65(62)84)47-70-73(68)81(63)74-71(86-70)48-66(72-60-23-19-20-24-69(60)87-75(72)74)83(56-35-27-50(28-36-56)77(4,5)6)57-37-29-51(30-38-57)78(7,8)9/h16-48H,1-15H3/i16D,17D,18D,21D,22D. The molecule has 2 aliphatic heterocycles. The van der Waals surface area contributed by atoms with Crippen molar-refractivity contribution in [2.75, 3.05) is 9.80 Å². The van der Waals surface area contributed by atoms with E-state index in [9.17, 15) is 2.74 Å². The van der Waals surface area contributed by atoms with Gasteiger partial charge in [0.25, 0.3) is 6.71 Å². The molecule has 0 saturated heterocycles. The molecular weight excluding hydrogens is 1090 g/mol. The maximum Gasteiger partial charge on any atom is 0.255 e. The summed E-state index contributed by atoms with van der Waals surface area (Å²) >= 11 is 3.66. The first kappa shape index (κ1) is 51.1. The number of para-hydroxylation sites is 1. The molecule has 0 spiro atoms. The number of hydrogen-bond donors (Lipinski definition) is 0. The summed E-state index contributed by atoms with van der Waals surface area (Å²) in [5, 5.41) is 4.76. The fraction of sp³-hybridized carbons (Fsp3) is 0.250. The van der Waals surface area contributed by atoms with Gasteiger partial charge >= 0.3 is 0 Å². The van der Waals surface area contributed by atoms with E-state index >= 15 is 0 Å². The van der Waals surface area contributed by atoms with Gasteiger partial charge in [-0.2, -0.15) is 0 Å². The molecule has 10 aromatic carbocycles. The van der Waals surface area contributed by atoms with Gasteiger partial charge in [-0.05, 0) is 168 Å². The van der Waals surface area contributed by atoms with Crippen molar-refractivity contribution in [3.8, 4) is 17.2 Å². The average Bonchev–Trinajstić information content (AvgIpc) is 1.28. The van der Waals surface area contributed by atoms with Crippen LogP contribution in [0.1, 0.15) is 139 Å². The molecule has 0 saturated carbocycles. The smallest absolute Gasteiger partial charge is 0.255 e. The summed E-state index contributed by atoms with van der Waals surface area (Å²) in [6.07, 6.45) is 0. The molecule has 0 amide bonds. The highest BCUT2D eigenvalue weighted by Crippen LogP contribution is 2.51. The third-order valence-electron chi connectivity index (χ3n) is 18.0. The SMILES string of the molecule is [2H]c1c([2H])c([2H])c(N(c2ccc(C(C)(C)C)cc2)c2ccc3c(c2)Oc2cc(-n4c5ccc(C(C)(C)C)cc5c5cc(C(C)(C)C)ccc54)cc4c2B3c2c(cc(N(c3ccc(C(C)(C)C)cc3)c3ccc(C(C)(C)C)cc3)c3c2sc2ccccc23)S4)c([2H])c1[2H]. The van der Waals surface area contributed by atoms with E-state index in [2.05, 4.69) is 259 Å². The Kier molecular flexibility index (Phi) is 11.9. The molecule has 0 aliphatic carbocycles. The van der Waals surface area contributed by atoms with Gasteiger partial charge in [0.05, 0.1) is 29.3 Å². The fourth-order valence-electron chi connectivity index (χ4n) is 13.0. The van der Waals surface area contributed by atoms with Crippen molar-refractivity contribution < 1.29 is 11.6 Å². The minimum Gasteiger partial charge on any atom is -0.458 e. The second kappa shape index (κ2) is 20.3. The molecule has 434 valence electrons. The summed E-state index contributed by atoms with van der Waals surface area (Å²) < 4.78 is 57.8. The second-order valence-electron chi connectivity index (χ2n) is 29.2. The summed E-state index contributed by atoms with van der Waals surface area (Å²) in [6.45, 7) is 33.5. The monoisotopic (exact) mass is 1180 g/mol. The van der Waals surface area contributed by atoms with Crippen LogP contribution in [0.4, 0.5) is 34.1 Å². The van der Waals surface area contributed by atoms with Gasteiger partial charge in [-0.15, -0.1) is 11.3 Å². The number of benzene rings is 10. The molecule has 12 aromatic rings. The number of thiophene rings is 1. The molecule has 0 unspecified atom stereocenters. The molecule has 0 fully saturated rings. The summed E-state index contributed by atoms with van der Waals surface area (Å²) in [6, 6.07) is 60.7. The van der Waals surface area contributed by atoms with Gasteiger partial charge in [-0.25, -0.2) is 0 Å². The van der Waals surface area contributed by atoms with E-state index in [0.29, 0.717) is 17.1 Å². The van der Waals surface area contributed by atoms with Crippen molar-refractivity contribution in [1.29, 1.82) is 0 Å². The minimum atomic E-state index is -0.444. The first-order chi connectivity index (χ1) is 43.3. The molecule has 7 heteroatoms. The quantitative estimate of drug-likeness (QED) is 0.148. The number of anilines is 6. The van der Waals surface area contributed by atoms with Crippen LogP contribution in [-0.2, 0) is 27.1 Å².